The first-order valence-corrected chi connectivity index (χ1v) is 8.48. The summed E-state index contributed by atoms with van der Waals surface area (Å²) in [5.74, 6) is -1.28. The highest BCUT2D eigenvalue weighted by atomic mass is 16.4. The molecule has 28 heavy (non-hydrogen) atoms. The molecule has 1 amide bonds. The molecule has 0 aliphatic heterocycles. The van der Waals surface area contributed by atoms with E-state index < -0.39 is 11.9 Å². The van der Waals surface area contributed by atoms with Gasteiger partial charge < -0.3 is 15.7 Å². The predicted molar refractivity (Wildman–Crippen MR) is 97.4 cm³/mol. The summed E-state index contributed by atoms with van der Waals surface area (Å²) in [6.45, 7) is 0. The number of anilines is 3. The van der Waals surface area contributed by atoms with Gasteiger partial charge >= 0.3 is 5.97 Å². The number of aryl methyl sites for hydroxylation is 1. The Morgan fingerprint density at radius 3 is 2.61 bits per heavy atom. The van der Waals surface area contributed by atoms with Crippen molar-refractivity contribution in [3.05, 3.63) is 48.2 Å². The van der Waals surface area contributed by atoms with Crippen molar-refractivity contribution < 1.29 is 14.7 Å². The Kier molecular flexibility index (Phi) is 4.39. The summed E-state index contributed by atoms with van der Waals surface area (Å²) < 4.78 is 1.17. The van der Waals surface area contributed by atoms with E-state index in [0.29, 0.717) is 11.6 Å². The van der Waals surface area contributed by atoms with Crippen LogP contribution in [0.5, 0.6) is 0 Å². The van der Waals surface area contributed by atoms with Crippen LogP contribution in [-0.4, -0.2) is 46.7 Å². The Labute approximate surface area is 158 Å². The largest absolute Gasteiger partial charge is 0.476 e. The average Bonchev–Trinajstić information content (AvgIpc) is 3.46. The van der Waals surface area contributed by atoms with Gasteiger partial charge in [-0.2, -0.15) is 5.10 Å². The lowest BCUT2D eigenvalue weighted by Crippen LogP contribution is -2.19. The number of carbonyl (C=O) groups is 2. The SMILES string of the molecule is Cn1ncc(NC(=O)c2nc(C3CC3)cnc2Nc2cncnc2)c1C(=O)O. The van der Waals surface area contributed by atoms with Crippen LogP contribution in [0, 0.1) is 0 Å². The summed E-state index contributed by atoms with van der Waals surface area (Å²) in [6, 6.07) is 0. The fraction of sp³-hybridized carbons (Fsp3) is 0.235. The van der Waals surface area contributed by atoms with Crippen molar-refractivity contribution in [3.8, 4) is 0 Å². The normalized spacial score (nSPS) is 13.2. The molecule has 0 saturated heterocycles. The minimum Gasteiger partial charge on any atom is -0.476 e. The van der Waals surface area contributed by atoms with Crippen LogP contribution < -0.4 is 10.6 Å². The van der Waals surface area contributed by atoms with Crippen molar-refractivity contribution in [2.24, 2.45) is 7.05 Å². The van der Waals surface area contributed by atoms with Crippen LogP contribution >= 0.6 is 0 Å². The van der Waals surface area contributed by atoms with Crippen molar-refractivity contribution in [1.82, 2.24) is 29.7 Å². The summed E-state index contributed by atoms with van der Waals surface area (Å²) in [4.78, 5) is 40.9. The Morgan fingerprint density at radius 1 is 1.18 bits per heavy atom. The lowest BCUT2D eigenvalue weighted by Gasteiger charge is -2.11. The van der Waals surface area contributed by atoms with Crippen LogP contribution in [0.4, 0.5) is 17.2 Å². The van der Waals surface area contributed by atoms with E-state index in [2.05, 4.69) is 35.7 Å². The molecular formula is C17H16N8O3. The fourth-order valence-corrected chi connectivity index (χ4v) is 2.69. The lowest BCUT2D eigenvalue weighted by atomic mass is 10.2. The monoisotopic (exact) mass is 380 g/mol. The van der Waals surface area contributed by atoms with Gasteiger partial charge in [0, 0.05) is 13.0 Å². The molecule has 0 aromatic carbocycles. The van der Waals surface area contributed by atoms with Crippen LogP contribution in [0.3, 0.4) is 0 Å². The molecule has 11 nitrogen and oxygen atoms in total. The molecule has 0 radical (unpaired) electrons. The van der Waals surface area contributed by atoms with E-state index >= 15 is 0 Å². The van der Waals surface area contributed by atoms with Gasteiger partial charge in [0.15, 0.2) is 17.2 Å². The lowest BCUT2D eigenvalue weighted by molar-refractivity contribution is 0.0686. The van der Waals surface area contributed by atoms with Gasteiger partial charge in [-0.3, -0.25) is 9.48 Å². The van der Waals surface area contributed by atoms with E-state index in [0.717, 1.165) is 18.5 Å². The van der Waals surface area contributed by atoms with Gasteiger partial charge in [-0.15, -0.1) is 0 Å². The van der Waals surface area contributed by atoms with Gasteiger partial charge in [0.2, 0.25) is 0 Å². The molecule has 0 unspecified atom stereocenters. The number of hydrogen-bond acceptors (Lipinski definition) is 8. The molecule has 0 atom stereocenters. The number of nitrogens with zero attached hydrogens (tertiary/aromatic N) is 6. The molecule has 0 spiro atoms. The molecular weight excluding hydrogens is 364 g/mol. The molecule has 3 N–H and O–H groups in total. The van der Waals surface area contributed by atoms with Gasteiger partial charge in [-0.1, -0.05) is 0 Å². The Hall–Kier alpha value is -3.89. The Balaban J connectivity index is 1.67. The summed E-state index contributed by atoms with van der Waals surface area (Å²) >= 11 is 0. The van der Waals surface area contributed by atoms with Crippen LogP contribution in [0.1, 0.15) is 45.4 Å². The number of amides is 1. The molecule has 3 heterocycles. The molecule has 11 heteroatoms. The summed E-state index contributed by atoms with van der Waals surface area (Å²) in [5.41, 5.74) is 1.26. The number of hydrogen-bond donors (Lipinski definition) is 3. The van der Waals surface area contributed by atoms with Crippen molar-refractivity contribution in [3.63, 3.8) is 0 Å². The van der Waals surface area contributed by atoms with Gasteiger partial charge in [0.1, 0.15) is 6.33 Å². The second-order valence-electron chi connectivity index (χ2n) is 6.31. The van der Waals surface area contributed by atoms with E-state index in [1.54, 1.807) is 6.20 Å². The van der Waals surface area contributed by atoms with Gasteiger partial charge in [-0.25, -0.2) is 24.7 Å². The number of carboxylic acids is 1. The summed E-state index contributed by atoms with van der Waals surface area (Å²) in [5, 5.41) is 18.7. The average molecular weight is 380 g/mol. The predicted octanol–water partition coefficient (Wildman–Crippen LogP) is 1.57. The topological polar surface area (TPSA) is 148 Å². The third-order valence-electron chi connectivity index (χ3n) is 4.21. The van der Waals surface area contributed by atoms with Crippen molar-refractivity contribution in [2.75, 3.05) is 10.6 Å². The number of aromatic nitrogens is 6. The second kappa shape index (κ2) is 7.02. The van der Waals surface area contributed by atoms with Crippen molar-refractivity contribution >= 4 is 29.1 Å². The van der Waals surface area contributed by atoms with Gasteiger partial charge in [0.25, 0.3) is 5.91 Å². The minimum atomic E-state index is -1.20. The first kappa shape index (κ1) is 17.5. The zero-order valence-electron chi connectivity index (χ0n) is 14.8. The van der Waals surface area contributed by atoms with Crippen LogP contribution in [0.25, 0.3) is 0 Å². The third-order valence-corrected chi connectivity index (χ3v) is 4.21. The highest BCUT2D eigenvalue weighted by Crippen LogP contribution is 2.39. The maximum Gasteiger partial charge on any atom is 0.356 e. The molecule has 142 valence electrons. The Bertz CT molecular complexity index is 1050. The standard InChI is InChI=1S/C17H16N8O3/c1-25-14(17(27)28)12(7-21-25)24-16(26)13-15(22-10-4-18-8-19-5-10)20-6-11(23-13)9-2-3-9/h4-9H,2-3H2,1H3,(H,20,22)(H,24,26)(H,27,28). The van der Waals surface area contributed by atoms with E-state index in [1.165, 1.54) is 36.6 Å². The second-order valence-corrected chi connectivity index (χ2v) is 6.31. The molecule has 3 aromatic rings. The summed E-state index contributed by atoms with van der Waals surface area (Å²) in [6.07, 6.45) is 9.37. The molecule has 0 bridgehead atoms. The zero-order chi connectivity index (χ0) is 19.7. The number of nitrogens with one attached hydrogen (secondary N) is 2. The number of carbonyl (C=O) groups excluding carboxylic acids is 1. The molecule has 3 aromatic heterocycles. The molecule has 1 aliphatic rings. The van der Waals surface area contributed by atoms with E-state index in [9.17, 15) is 14.7 Å². The Morgan fingerprint density at radius 2 is 1.93 bits per heavy atom. The number of carboxylic acid groups (broad SMARTS) is 1. The van der Waals surface area contributed by atoms with Crippen molar-refractivity contribution in [1.29, 1.82) is 0 Å². The maximum absolute atomic E-state index is 12.9. The maximum atomic E-state index is 12.9. The van der Waals surface area contributed by atoms with Crippen LogP contribution in [-0.2, 0) is 7.05 Å². The van der Waals surface area contributed by atoms with Crippen molar-refractivity contribution in [2.45, 2.75) is 18.8 Å². The van der Waals surface area contributed by atoms with E-state index in [4.69, 9.17) is 0 Å². The highest BCUT2D eigenvalue weighted by Gasteiger charge is 2.28. The quantitative estimate of drug-likeness (QED) is 0.579. The van der Waals surface area contributed by atoms with Crippen LogP contribution in [0.15, 0.2) is 31.1 Å². The minimum absolute atomic E-state index is 0.0495. The number of rotatable bonds is 6. The number of aromatic carboxylic acids is 1. The molecule has 1 aliphatic carbocycles. The first-order valence-electron chi connectivity index (χ1n) is 8.48. The van der Waals surface area contributed by atoms with E-state index in [1.807, 2.05) is 0 Å². The smallest absolute Gasteiger partial charge is 0.356 e. The molecule has 1 saturated carbocycles. The molecule has 4 rings (SSSR count). The first-order chi connectivity index (χ1) is 13.5. The van der Waals surface area contributed by atoms with Crippen LogP contribution in [0.2, 0.25) is 0 Å². The third kappa shape index (κ3) is 3.49. The van der Waals surface area contributed by atoms with E-state index in [-0.39, 0.29) is 22.9 Å². The van der Waals surface area contributed by atoms with Gasteiger partial charge in [-0.05, 0) is 12.8 Å². The molecule has 1 fully saturated rings. The zero-order valence-corrected chi connectivity index (χ0v) is 14.8. The highest BCUT2D eigenvalue weighted by molar-refractivity contribution is 6.08. The van der Waals surface area contributed by atoms with Gasteiger partial charge in [0.05, 0.1) is 41.9 Å². The summed E-state index contributed by atoms with van der Waals surface area (Å²) in [7, 11) is 1.48. The fourth-order valence-electron chi connectivity index (χ4n) is 2.69.